The summed E-state index contributed by atoms with van der Waals surface area (Å²) in [6.45, 7) is 2.03. The number of carbonyl (C=O) groups is 1. The number of aromatic amines is 1. The normalized spacial score (nSPS) is 11.4. The Bertz CT molecular complexity index is 754. The monoisotopic (exact) mass is 308 g/mol. The number of rotatable bonds is 4. The third kappa shape index (κ3) is 3.46. The van der Waals surface area contributed by atoms with Crippen molar-refractivity contribution >= 4 is 15.7 Å². The lowest BCUT2D eigenvalue weighted by Gasteiger charge is -2.17. The zero-order valence-electron chi connectivity index (χ0n) is 12.0. The Morgan fingerprint density at radius 1 is 1.38 bits per heavy atom. The summed E-state index contributed by atoms with van der Waals surface area (Å²) in [6.07, 6.45) is 2.48. The van der Waals surface area contributed by atoms with Crippen LogP contribution < -0.4 is 0 Å². The van der Waals surface area contributed by atoms with Crippen LogP contribution in [0.3, 0.4) is 0 Å². The van der Waals surface area contributed by atoms with Gasteiger partial charge in [0.15, 0.2) is 9.84 Å². The van der Waals surface area contributed by atoms with Crippen LogP contribution in [0.25, 0.3) is 0 Å². The summed E-state index contributed by atoms with van der Waals surface area (Å²) >= 11 is 0. The van der Waals surface area contributed by atoms with E-state index in [-0.39, 0.29) is 17.3 Å². The predicted molar refractivity (Wildman–Crippen MR) is 76.5 cm³/mol. The number of nitrogens with one attached hydrogen (secondary N) is 1. The number of hydrogen-bond donors (Lipinski definition) is 1. The molecule has 0 unspecified atom stereocenters. The molecule has 0 radical (unpaired) electrons. The summed E-state index contributed by atoms with van der Waals surface area (Å²) < 4.78 is 23.2. The molecule has 0 atom stereocenters. The van der Waals surface area contributed by atoms with Crippen LogP contribution in [0, 0.1) is 6.92 Å². The van der Waals surface area contributed by atoms with Crippen molar-refractivity contribution in [1.29, 1.82) is 0 Å². The third-order valence-corrected chi connectivity index (χ3v) is 4.18. The molecular weight excluding hydrogens is 292 g/mol. The molecule has 0 spiro atoms. The van der Waals surface area contributed by atoms with Crippen LogP contribution in [0.2, 0.25) is 0 Å². The fraction of sp³-hybridized carbons (Fsp3) is 0.308. The van der Waals surface area contributed by atoms with Crippen molar-refractivity contribution in [3.05, 3.63) is 41.5 Å². The van der Waals surface area contributed by atoms with Gasteiger partial charge in [0.2, 0.25) is 0 Å². The molecule has 1 heterocycles. The molecular formula is C13H16N4O3S. The molecule has 1 aromatic heterocycles. The molecule has 1 amide bonds. The molecule has 21 heavy (non-hydrogen) atoms. The maximum absolute atomic E-state index is 12.4. The lowest BCUT2D eigenvalue weighted by atomic mass is 10.1. The number of aryl methyl sites for hydroxylation is 1. The number of H-pyrrole nitrogens is 1. The number of carbonyl (C=O) groups excluding carboxylic acids is 1. The van der Waals surface area contributed by atoms with Gasteiger partial charge in [0, 0.05) is 18.9 Å². The number of hydrogen-bond acceptors (Lipinski definition) is 5. The largest absolute Gasteiger partial charge is 0.334 e. The Morgan fingerprint density at radius 3 is 2.67 bits per heavy atom. The predicted octanol–water partition coefficient (Wildman–Crippen LogP) is 0.789. The van der Waals surface area contributed by atoms with Crippen molar-refractivity contribution in [2.24, 2.45) is 0 Å². The summed E-state index contributed by atoms with van der Waals surface area (Å²) in [6, 6.07) is 4.54. The maximum atomic E-state index is 12.4. The highest BCUT2D eigenvalue weighted by atomic mass is 32.2. The van der Waals surface area contributed by atoms with E-state index in [2.05, 4.69) is 15.2 Å². The second-order valence-corrected chi connectivity index (χ2v) is 6.86. The van der Waals surface area contributed by atoms with E-state index in [0.717, 1.165) is 11.8 Å². The minimum atomic E-state index is -3.35. The topological polar surface area (TPSA) is 96.0 Å². The van der Waals surface area contributed by atoms with Gasteiger partial charge in [-0.15, -0.1) is 0 Å². The first-order valence-corrected chi connectivity index (χ1v) is 8.08. The van der Waals surface area contributed by atoms with Crippen molar-refractivity contribution in [3.8, 4) is 0 Å². The first-order chi connectivity index (χ1) is 9.79. The molecule has 2 rings (SSSR count). The van der Waals surface area contributed by atoms with Crippen LogP contribution >= 0.6 is 0 Å². The standard InChI is InChI=1S/C13H16N4O3S/c1-9-4-5-10(21(3,19)20)6-11(9)13(18)17(2)7-12-14-8-15-16-12/h4-6,8H,7H2,1-3H3,(H,14,15,16). The lowest BCUT2D eigenvalue weighted by Crippen LogP contribution is -2.27. The third-order valence-electron chi connectivity index (χ3n) is 3.07. The van der Waals surface area contributed by atoms with Gasteiger partial charge in [0.1, 0.15) is 12.2 Å². The Kier molecular flexibility index (Phi) is 4.08. The van der Waals surface area contributed by atoms with E-state index in [1.54, 1.807) is 20.0 Å². The van der Waals surface area contributed by atoms with Gasteiger partial charge < -0.3 is 4.90 Å². The van der Waals surface area contributed by atoms with Crippen molar-refractivity contribution in [2.45, 2.75) is 18.4 Å². The highest BCUT2D eigenvalue weighted by Gasteiger charge is 2.18. The van der Waals surface area contributed by atoms with E-state index >= 15 is 0 Å². The summed E-state index contributed by atoms with van der Waals surface area (Å²) in [4.78, 5) is 18.0. The van der Waals surface area contributed by atoms with E-state index in [1.165, 1.54) is 23.4 Å². The van der Waals surface area contributed by atoms with Gasteiger partial charge in [-0.25, -0.2) is 13.4 Å². The fourth-order valence-electron chi connectivity index (χ4n) is 1.87. The molecule has 0 bridgehead atoms. The highest BCUT2D eigenvalue weighted by molar-refractivity contribution is 7.90. The number of aromatic nitrogens is 3. The first-order valence-electron chi connectivity index (χ1n) is 6.19. The Morgan fingerprint density at radius 2 is 2.10 bits per heavy atom. The average molecular weight is 308 g/mol. The summed E-state index contributed by atoms with van der Waals surface area (Å²) in [5.74, 6) is 0.289. The second-order valence-electron chi connectivity index (χ2n) is 4.84. The second kappa shape index (κ2) is 5.65. The molecule has 8 heteroatoms. The fourth-order valence-corrected chi connectivity index (χ4v) is 2.52. The van der Waals surface area contributed by atoms with Crippen molar-refractivity contribution in [2.75, 3.05) is 13.3 Å². The Balaban J connectivity index is 2.30. The summed E-state index contributed by atoms with van der Waals surface area (Å²) in [5, 5.41) is 6.39. The van der Waals surface area contributed by atoms with E-state index in [0.29, 0.717) is 11.4 Å². The molecule has 0 fully saturated rings. The summed E-state index contributed by atoms with van der Waals surface area (Å²) in [5.41, 5.74) is 1.08. The van der Waals surface area contributed by atoms with E-state index < -0.39 is 9.84 Å². The van der Waals surface area contributed by atoms with E-state index in [4.69, 9.17) is 0 Å². The lowest BCUT2D eigenvalue weighted by molar-refractivity contribution is 0.0780. The van der Waals surface area contributed by atoms with Gasteiger partial charge in [-0.3, -0.25) is 9.89 Å². The maximum Gasteiger partial charge on any atom is 0.254 e. The van der Waals surface area contributed by atoms with Crippen LogP contribution in [-0.4, -0.2) is 47.7 Å². The molecule has 0 saturated carbocycles. The number of benzene rings is 1. The molecule has 7 nitrogen and oxygen atoms in total. The number of nitrogens with zero attached hydrogens (tertiary/aromatic N) is 3. The van der Waals surface area contributed by atoms with E-state index in [9.17, 15) is 13.2 Å². The van der Waals surface area contributed by atoms with Crippen molar-refractivity contribution < 1.29 is 13.2 Å². The van der Waals surface area contributed by atoms with Crippen molar-refractivity contribution in [3.63, 3.8) is 0 Å². The van der Waals surface area contributed by atoms with Gasteiger partial charge in [0.25, 0.3) is 5.91 Å². The van der Waals surface area contributed by atoms with E-state index in [1.807, 2.05) is 0 Å². The minimum Gasteiger partial charge on any atom is -0.334 e. The molecule has 0 aliphatic rings. The minimum absolute atomic E-state index is 0.129. The molecule has 0 aliphatic carbocycles. The Hall–Kier alpha value is -2.22. The van der Waals surface area contributed by atoms with Gasteiger partial charge in [-0.1, -0.05) is 6.07 Å². The highest BCUT2D eigenvalue weighted by Crippen LogP contribution is 2.17. The van der Waals surface area contributed by atoms with Crippen LogP contribution in [0.15, 0.2) is 29.4 Å². The SMILES string of the molecule is Cc1ccc(S(C)(=O)=O)cc1C(=O)N(C)Cc1ncn[nH]1. The number of sulfone groups is 1. The molecule has 0 saturated heterocycles. The van der Waals surface area contributed by atoms with Gasteiger partial charge in [-0.05, 0) is 24.6 Å². The zero-order chi connectivity index (χ0) is 15.6. The van der Waals surface area contributed by atoms with Gasteiger partial charge in [-0.2, -0.15) is 5.10 Å². The molecule has 1 N–H and O–H groups in total. The van der Waals surface area contributed by atoms with Crippen LogP contribution in [-0.2, 0) is 16.4 Å². The quantitative estimate of drug-likeness (QED) is 0.900. The van der Waals surface area contributed by atoms with Crippen molar-refractivity contribution in [1.82, 2.24) is 20.1 Å². The van der Waals surface area contributed by atoms with Gasteiger partial charge >= 0.3 is 0 Å². The van der Waals surface area contributed by atoms with Crippen LogP contribution in [0.1, 0.15) is 21.7 Å². The number of amides is 1. The molecule has 2 aromatic rings. The average Bonchev–Trinajstić information content (AvgIpc) is 2.90. The molecule has 1 aromatic carbocycles. The van der Waals surface area contributed by atoms with Gasteiger partial charge in [0.05, 0.1) is 11.4 Å². The van der Waals surface area contributed by atoms with Crippen LogP contribution in [0.5, 0.6) is 0 Å². The zero-order valence-corrected chi connectivity index (χ0v) is 12.8. The Labute approximate surface area is 122 Å². The van der Waals surface area contributed by atoms with Crippen LogP contribution in [0.4, 0.5) is 0 Å². The smallest absolute Gasteiger partial charge is 0.254 e. The molecule has 112 valence electrons. The molecule has 0 aliphatic heterocycles. The summed E-state index contributed by atoms with van der Waals surface area (Å²) in [7, 11) is -1.73. The first kappa shape index (κ1) is 15.2.